The van der Waals surface area contributed by atoms with Crippen LogP contribution in [-0.4, -0.2) is 64.1 Å². The van der Waals surface area contributed by atoms with E-state index in [4.69, 9.17) is 10.5 Å². The first-order valence-electron chi connectivity index (χ1n) is 11.4. The minimum atomic E-state index is -0.794. The fourth-order valence-electron chi connectivity index (χ4n) is 5.01. The number of para-hydroxylation sites is 1. The van der Waals surface area contributed by atoms with Gasteiger partial charge >= 0.3 is 0 Å². The van der Waals surface area contributed by atoms with Gasteiger partial charge in [0.2, 0.25) is 11.8 Å². The Morgan fingerprint density at radius 3 is 2.76 bits per heavy atom. The molecule has 4 amide bonds. The Kier molecular flexibility index (Phi) is 5.47. The first-order valence-corrected chi connectivity index (χ1v) is 11.4. The maximum Gasteiger partial charge on any atom is 0.255 e. The fourth-order valence-corrected chi connectivity index (χ4v) is 5.01. The summed E-state index contributed by atoms with van der Waals surface area (Å²) in [5.41, 5.74) is 8.44. The Labute approximate surface area is 197 Å². The largest absolute Gasteiger partial charge is 0.491 e. The van der Waals surface area contributed by atoms with Crippen molar-refractivity contribution in [2.24, 2.45) is 0 Å². The van der Waals surface area contributed by atoms with Gasteiger partial charge in [-0.1, -0.05) is 24.3 Å². The lowest BCUT2D eigenvalue weighted by atomic mass is 10.0. The van der Waals surface area contributed by atoms with E-state index in [1.807, 2.05) is 31.2 Å². The van der Waals surface area contributed by atoms with Crippen molar-refractivity contribution in [3.63, 3.8) is 0 Å². The third-order valence-corrected chi connectivity index (χ3v) is 6.87. The van der Waals surface area contributed by atoms with Crippen molar-refractivity contribution in [1.29, 1.82) is 0 Å². The van der Waals surface area contributed by atoms with Crippen LogP contribution >= 0.6 is 0 Å². The van der Waals surface area contributed by atoms with E-state index >= 15 is 0 Å². The third kappa shape index (κ3) is 3.67. The standard InChI is InChI=1S/C25H26N4O5/c1-15-18-4-2-3-5-21(18)34-11-10-27(15)23(31)14-29-22(30)9-8-20(25(29)33)28-13-16-6-7-17(26)12-19(16)24(28)32/h2-7,12,15,20H,8-11,13-14,26H2,1H3. The molecule has 2 aromatic carbocycles. The average molecular weight is 463 g/mol. The van der Waals surface area contributed by atoms with Gasteiger partial charge in [-0.3, -0.25) is 24.1 Å². The number of hydrogen-bond acceptors (Lipinski definition) is 6. The fraction of sp³-hybridized carbons (Fsp3) is 0.360. The number of nitrogens with zero attached hydrogens (tertiary/aromatic N) is 3. The van der Waals surface area contributed by atoms with Crippen LogP contribution in [0.4, 0.5) is 5.69 Å². The second-order valence-corrected chi connectivity index (χ2v) is 8.87. The van der Waals surface area contributed by atoms with Crippen molar-refractivity contribution >= 4 is 29.3 Å². The molecule has 1 saturated heterocycles. The molecule has 5 rings (SSSR count). The number of ether oxygens (including phenoxy) is 1. The van der Waals surface area contributed by atoms with Crippen molar-refractivity contribution in [2.75, 3.05) is 25.4 Å². The molecule has 2 N–H and O–H groups in total. The molecule has 2 atom stereocenters. The van der Waals surface area contributed by atoms with E-state index < -0.39 is 17.9 Å². The van der Waals surface area contributed by atoms with Gasteiger partial charge in [-0.05, 0) is 37.1 Å². The number of piperidine rings is 1. The van der Waals surface area contributed by atoms with Crippen LogP contribution in [0.5, 0.6) is 5.75 Å². The number of nitrogens with two attached hydrogens (primary N) is 1. The lowest BCUT2D eigenvalue weighted by Crippen LogP contribution is -2.57. The Hall–Kier alpha value is -3.88. The number of nitrogen functional groups attached to an aromatic ring is 1. The van der Waals surface area contributed by atoms with Crippen LogP contribution in [0.3, 0.4) is 0 Å². The highest BCUT2D eigenvalue weighted by atomic mass is 16.5. The Balaban J connectivity index is 1.33. The molecule has 0 spiro atoms. The zero-order valence-electron chi connectivity index (χ0n) is 18.9. The molecule has 0 aliphatic carbocycles. The van der Waals surface area contributed by atoms with E-state index in [-0.39, 0.29) is 43.8 Å². The quantitative estimate of drug-likeness (QED) is 0.549. The maximum atomic E-state index is 13.3. The molecule has 2 aromatic rings. The van der Waals surface area contributed by atoms with E-state index in [1.165, 1.54) is 4.90 Å². The maximum absolute atomic E-state index is 13.3. The average Bonchev–Trinajstić information content (AvgIpc) is 3.04. The molecular weight excluding hydrogens is 436 g/mol. The molecule has 3 aliphatic rings. The van der Waals surface area contributed by atoms with Crippen molar-refractivity contribution in [3.8, 4) is 5.75 Å². The minimum Gasteiger partial charge on any atom is -0.491 e. The number of benzene rings is 2. The molecule has 3 aliphatic heterocycles. The highest BCUT2D eigenvalue weighted by molar-refractivity contribution is 6.07. The zero-order valence-corrected chi connectivity index (χ0v) is 18.9. The molecule has 0 aromatic heterocycles. The summed E-state index contributed by atoms with van der Waals surface area (Å²) in [5.74, 6) is -0.807. The van der Waals surface area contributed by atoms with Crippen LogP contribution in [0.15, 0.2) is 42.5 Å². The van der Waals surface area contributed by atoms with Crippen LogP contribution in [0.25, 0.3) is 0 Å². The zero-order chi connectivity index (χ0) is 24.0. The summed E-state index contributed by atoms with van der Waals surface area (Å²) >= 11 is 0. The first kappa shape index (κ1) is 21.9. The highest BCUT2D eigenvalue weighted by Crippen LogP contribution is 2.33. The van der Waals surface area contributed by atoms with Crippen molar-refractivity contribution in [2.45, 2.75) is 38.4 Å². The van der Waals surface area contributed by atoms with Gasteiger partial charge in [-0.15, -0.1) is 0 Å². The molecule has 1 fully saturated rings. The SMILES string of the molecule is CC1c2ccccc2OCCN1C(=O)CN1C(=O)CCC(N2Cc3ccc(N)cc3C2=O)C1=O. The topological polar surface area (TPSA) is 113 Å². The predicted molar refractivity (Wildman–Crippen MR) is 123 cm³/mol. The van der Waals surface area contributed by atoms with Gasteiger partial charge in [0.25, 0.3) is 11.8 Å². The summed E-state index contributed by atoms with van der Waals surface area (Å²) < 4.78 is 5.77. The molecular formula is C25H26N4O5. The molecule has 0 bridgehead atoms. The van der Waals surface area contributed by atoms with Crippen LogP contribution in [-0.2, 0) is 20.9 Å². The Morgan fingerprint density at radius 1 is 1.15 bits per heavy atom. The summed E-state index contributed by atoms with van der Waals surface area (Å²) in [4.78, 5) is 56.4. The molecule has 9 nitrogen and oxygen atoms in total. The third-order valence-electron chi connectivity index (χ3n) is 6.87. The molecule has 0 saturated carbocycles. The number of amides is 4. The lowest BCUT2D eigenvalue weighted by Gasteiger charge is -2.36. The predicted octanol–water partition coefficient (Wildman–Crippen LogP) is 1.72. The summed E-state index contributed by atoms with van der Waals surface area (Å²) in [5, 5.41) is 0. The van der Waals surface area contributed by atoms with Crippen LogP contribution in [0.2, 0.25) is 0 Å². The van der Waals surface area contributed by atoms with Gasteiger partial charge in [0.1, 0.15) is 24.9 Å². The van der Waals surface area contributed by atoms with E-state index in [0.29, 0.717) is 24.4 Å². The Morgan fingerprint density at radius 2 is 1.94 bits per heavy atom. The van der Waals surface area contributed by atoms with Gasteiger partial charge in [0, 0.05) is 29.8 Å². The second kappa shape index (κ2) is 8.48. The number of carbonyl (C=O) groups is 4. The summed E-state index contributed by atoms with van der Waals surface area (Å²) in [7, 11) is 0. The highest BCUT2D eigenvalue weighted by Gasteiger charge is 2.43. The number of likely N-dealkylation sites (tertiary alicyclic amines) is 1. The number of fused-ring (bicyclic) bond motifs is 2. The van der Waals surface area contributed by atoms with Crippen LogP contribution in [0, 0.1) is 0 Å². The number of hydrogen-bond donors (Lipinski definition) is 1. The van der Waals surface area contributed by atoms with Gasteiger partial charge in [-0.25, -0.2) is 0 Å². The van der Waals surface area contributed by atoms with Crippen LogP contribution < -0.4 is 10.5 Å². The molecule has 0 radical (unpaired) electrons. The first-order chi connectivity index (χ1) is 16.3. The van der Waals surface area contributed by atoms with Crippen molar-refractivity contribution < 1.29 is 23.9 Å². The van der Waals surface area contributed by atoms with Gasteiger partial charge in [0.15, 0.2) is 0 Å². The number of carbonyl (C=O) groups excluding carboxylic acids is 4. The van der Waals surface area contributed by atoms with Crippen LogP contribution in [0.1, 0.15) is 47.3 Å². The van der Waals surface area contributed by atoms with Gasteiger partial charge in [-0.2, -0.15) is 0 Å². The second-order valence-electron chi connectivity index (χ2n) is 8.87. The summed E-state index contributed by atoms with van der Waals surface area (Å²) in [6, 6.07) is 11.6. The molecule has 9 heteroatoms. The van der Waals surface area contributed by atoms with E-state index in [0.717, 1.165) is 21.8 Å². The van der Waals surface area contributed by atoms with E-state index in [2.05, 4.69) is 0 Å². The number of imide groups is 1. The summed E-state index contributed by atoms with van der Waals surface area (Å²) in [6.45, 7) is 2.48. The smallest absolute Gasteiger partial charge is 0.255 e. The normalized spacial score (nSPS) is 22.3. The monoisotopic (exact) mass is 462 g/mol. The van der Waals surface area contributed by atoms with E-state index in [9.17, 15) is 19.2 Å². The number of rotatable bonds is 3. The van der Waals surface area contributed by atoms with E-state index in [1.54, 1.807) is 23.1 Å². The van der Waals surface area contributed by atoms with Crippen molar-refractivity contribution in [3.05, 3.63) is 59.2 Å². The lowest BCUT2D eigenvalue weighted by molar-refractivity contribution is -0.156. The number of anilines is 1. The molecule has 2 unspecified atom stereocenters. The van der Waals surface area contributed by atoms with Gasteiger partial charge < -0.3 is 20.3 Å². The molecule has 176 valence electrons. The van der Waals surface area contributed by atoms with Crippen molar-refractivity contribution in [1.82, 2.24) is 14.7 Å². The Bertz CT molecular complexity index is 1200. The summed E-state index contributed by atoms with van der Waals surface area (Å²) in [6.07, 6.45) is 0.326. The molecule has 34 heavy (non-hydrogen) atoms. The molecule has 3 heterocycles. The van der Waals surface area contributed by atoms with Gasteiger partial charge in [0.05, 0.1) is 12.6 Å². The minimum absolute atomic E-state index is 0.0907.